The van der Waals surface area contributed by atoms with E-state index < -0.39 is 0 Å². The van der Waals surface area contributed by atoms with Gasteiger partial charge in [0.2, 0.25) is 0 Å². The van der Waals surface area contributed by atoms with Gasteiger partial charge in [-0.1, -0.05) is 6.07 Å². The molecule has 0 saturated heterocycles. The molecule has 5 rings (SSSR count). The van der Waals surface area contributed by atoms with Crippen LogP contribution >= 0.6 is 11.3 Å². The van der Waals surface area contributed by atoms with Crippen LogP contribution in [0.1, 0.15) is 39.9 Å². The predicted molar refractivity (Wildman–Crippen MR) is 115 cm³/mol. The molecular weight excluding hydrogens is 382 g/mol. The van der Waals surface area contributed by atoms with Crippen molar-refractivity contribution in [2.75, 3.05) is 7.05 Å². The van der Waals surface area contributed by atoms with Crippen LogP contribution in [-0.2, 0) is 13.1 Å². The van der Waals surface area contributed by atoms with Gasteiger partial charge >= 0.3 is 0 Å². The third kappa shape index (κ3) is 3.68. The van der Waals surface area contributed by atoms with Gasteiger partial charge in [0.1, 0.15) is 5.75 Å². The number of pyridine rings is 1. The number of nitrogens with zero attached hydrogens (tertiary/aromatic N) is 3. The monoisotopic (exact) mass is 403 g/mol. The van der Waals surface area contributed by atoms with Crippen LogP contribution in [0.15, 0.2) is 53.1 Å². The van der Waals surface area contributed by atoms with Gasteiger partial charge in [-0.2, -0.15) is 0 Å². The molecule has 0 spiro atoms. The molecule has 0 atom stereocenters. The third-order valence-electron chi connectivity index (χ3n) is 5.25. The van der Waals surface area contributed by atoms with Crippen molar-refractivity contribution in [2.45, 2.75) is 32.0 Å². The van der Waals surface area contributed by atoms with Gasteiger partial charge in [0.25, 0.3) is 5.91 Å². The van der Waals surface area contributed by atoms with Crippen LogP contribution in [0.4, 0.5) is 0 Å². The first kappa shape index (κ1) is 18.1. The number of rotatable bonds is 6. The van der Waals surface area contributed by atoms with Gasteiger partial charge in [0.15, 0.2) is 0 Å². The fraction of sp³-hybridized carbons (Fsp3) is 0.261. The Balaban J connectivity index is 1.40. The highest BCUT2D eigenvalue weighted by atomic mass is 32.1. The Kier molecular flexibility index (Phi) is 4.64. The standard InChI is InChI=1S/C23H21N3O2S/c1-26(14-17-12-24-10-16-11-25-13-20(16)17)23(27)15-4-7-19(22-3-2-8-29-22)21(9-15)28-18-5-6-18/h2-4,7-12,18H,5-6,13-14H2,1H3. The number of fused-ring (bicyclic) bond motifs is 1. The highest BCUT2D eigenvalue weighted by Crippen LogP contribution is 2.37. The first-order chi connectivity index (χ1) is 14.2. The Morgan fingerprint density at radius 1 is 1.28 bits per heavy atom. The van der Waals surface area contributed by atoms with Crippen molar-refractivity contribution in [3.8, 4) is 16.2 Å². The van der Waals surface area contributed by atoms with Crippen molar-refractivity contribution in [2.24, 2.45) is 4.99 Å². The quantitative estimate of drug-likeness (QED) is 0.606. The van der Waals surface area contributed by atoms with Gasteiger partial charge in [-0.15, -0.1) is 11.3 Å². The second-order valence-electron chi connectivity index (χ2n) is 7.50. The molecule has 2 aliphatic rings. The molecule has 0 bridgehead atoms. The summed E-state index contributed by atoms with van der Waals surface area (Å²) in [6, 6.07) is 9.90. The van der Waals surface area contributed by atoms with E-state index in [2.05, 4.69) is 21.4 Å². The summed E-state index contributed by atoms with van der Waals surface area (Å²) >= 11 is 1.68. The van der Waals surface area contributed by atoms with Crippen molar-refractivity contribution >= 4 is 23.5 Å². The zero-order valence-electron chi connectivity index (χ0n) is 16.2. The molecule has 0 N–H and O–H groups in total. The first-order valence-electron chi connectivity index (χ1n) is 9.74. The van der Waals surface area contributed by atoms with E-state index in [1.807, 2.05) is 49.9 Å². The molecule has 146 valence electrons. The molecule has 3 heterocycles. The van der Waals surface area contributed by atoms with Gasteiger partial charge in [0.05, 0.1) is 12.6 Å². The summed E-state index contributed by atoms with van der Waals surface area (Å²) in [5.41, 5.74) is 4.93. The molecule has 1 aromatic carbocycles. The maximum atomic E-state index is 13.1. The minimum atomic E-state index is -0.0279. The molecule has 5 nitrogen and oxygen atoms in total. The van der Waals surface area contributed by atoms with Gasteiger partial charge in [-0.25, -0.2) is 0 Å². The summed E-state index contributed by atoms with van der Waals surface area (Å²) in [5, 5.41) is 2.05. The van der Waals surface area contributed by atoms with Crippen molar-refractivity contribution in [3.05, 3.63) is 70.4 Å². The van der Waals surface area contributed by atoms with Crippen LogP contribution in [0.5, 0.6) is 5.75 Å². The molecule has 1 saturated carbocycles. The Hall–Kier alpha value is -2.99. The second kappa shape index (κ2) is 7.44. The lowest BCUT2D eigenvalue weighted by Gasteiger charge is -2.20. The number of hydrogen-bond acceptors (Lipinski definition) is 5. The summed E-state index contributed by atoms with van der Waals surface area (Å²) < 4.78 is 6.14. The molecule has 1 aliphatic heterocycles. The van der Waals surface area contributed by atoms with Crippen molar-refractivity contribution in [3.63, 3.8) is 0 Å². The maximum Gasteiger partial charge on any atom is 0.254 e. The Morgan fingerprint density at radius 3 is 2.97 bits per heavy atom. The van der Waals surface area contributed by atoms with Crippen LogP contribution in [0.25, 0.3) is 10.4 Å². The number of carbonyl (C=O) groups excluding carboxylic acids is 1. The largest absolute Gasteiger partial charge is 0.490 e. The summed E-state index contributed by atoms with van der Waals surface area (Å²) in [6.45, 7) is 1.16. The zero-order chi connectivity index (χ0) is 19.8. The summed E-state index contributed by atoms with van der Waals surface area (Å²) in [6.07, 6.45) is 7.93. The molecule has 2 aromatic heterocycles. The number of benzene rings is 1. The highest BCUT2D eigenvalue weighted by Gasteiger charge is 2.26. The fourth-order valence-electron chi connectivity index (χ4n) is 3.53. The topological polar surface area (TPSA) is 54.8 Å². The number of ether oxygens (including phenoxy) is 1. The second-order valence-corrected chi connectivity index (χ2v) is 8.45. The minimum absolute atomic E-state index is 0.0279. The van der Waals surface area contributed by atoms with Gasteiger partial charge in [0, 0.05) is 53.8 Å². The smallest absolute Gasteiger partial charge is 0.254 e. The third-order valence-corrected chi connectivity index (χ3v) is 6.15. The van der Waals surface area contributed by atoms with Crippen LogP contribution in [0, 0.1) is 0 Å². The SMILES string of the molecule is CN(Cc1cncc2c1CN=C2)C(=O)c1ccc(-c2cccs2)c(OC2CC2)c1. The molecule has 0 radical (unpaired) electrons. The van der Waals surface area contributed by atoms with Gasteiger partial charge in [-0.3, -0.25) is 14.8 Å². The predicted octanol–water partition coefficient (Wildman–Crippen LogP) is 4.56. The number of aliphatic imine (C=N–C) groups is 1. The van der Waals surface area contributed by atoms with Crippen molar-refractivity contribution in [1.29, 1.82) is 0 Å². The minimum Gasteiger partial charge on any atom is -0.490 e. The molecule has 1 amide bonds. The molecule has 6 heteroatoms. The van der Waals surface area contributed by atoms with E-state index in [9.17, 15) is 4.79 Å². The van der Waals surface area contributed by atoms with Crippen LogP contribution < -0.4 is 4.74 Å². The number of amides is 1. The normalized spacial score (nSPS) is 14.7. The van der Waals surface area contributed by atoms with Crippen molar-refractivity contribution in [1.82, 2.24) is 9.88 Å². The van der Waals surface area contributed by atoms with Crippen LogP contribution in [-0.4, -0.2) is 35.2 Å². The van der Waals surface area contributed by atoms with Gasteiger partial charge in [-0.05, 0) is 53.6 Å². The zero-order valence-corrected chi connectivity index (χ0v) is 17.0. The average Bonchev–Trinajstić information content (AvgIpc) is 3.20. The summed E-state index contributed by atoms with van der Waals surface area (Å²) in [5.74, 6) is 0.768. The Bertz CT molecular complexity index is 1090. The van der Waals surface area contributed by atoms with Crippen LogP contribution in [0.2, 0.25) is 0 Å². The Labute approximate surface area is 173 Å². The number of aromatic nitrogens is 1. The van der Waals surface area contributed by atoms with E-state index in [1.54, 1.807) is 16.2 Å². The van der Waals surface area contributed by atoms with E-state index in [1.165, 1.54) is 0 Å². The lowest BCUT2D eigenvalue weighted by molar-refractivity contribution is 0.0784. The number of hydrogen-bond donors (Lipinski definition) is 0. The molecule has 1 aliphatic carbocycles. The van der Waals surface area contributed by atoms with E-state index in [0.717, 1.165) is 45.7 Å². The van der Waals surface area contributed by atoms with E-state index in [4.69, 9.17) is 4.74 Å². The van der Waals surface area contributed by atoms with E-state index >= 15 is 0 Å². The first-order valence-corrected chi connectivity index (χ1v) is 10.6. The average molecular weight is 404 g/mol. The highest BCUT2D eigenvalue weighted by molar-refractivity contribution is 7.13. The summed E-state index contributed by atoms with van der Waals surface area (Å²) in [7, 11) is 1.83. The molecule has 3 aromatic rings. The Morgan fingerprint density at radius 2 is 2.17 bits per heavy atom. The fourth-order valence-corrected chi connectivity index (χ4v) is 4.28. The molecule has 0 unspecified atom stereocenters. The number of carbonyl (C=O) groups is 1. The van der Waals surface area contributed by atoms with E-state index in [0.29, 0.717) is 18.7 Å². The lowest BCUT2D eigenvalue weighted by Crippen LogP contribution is -2.27. The van der Waals surface area contributed by atoms with Crippen molar-refractivity contribution < 1.29 is 9.53 Å². The number of thiophene rings is 1. The lowest BCUT2D eigenvalue weighted by atomic mass is 10.1. The molecular formula is C23H21N3O2S. The summed E-state index contributed by atoms with van der Waals surface area (Å²) in [4.78, 5) is 24.6. The molecule has 29 heavy (non-hydrogen) atoms. The molecule has 1 fully saturated rings. The maximum absolute atomic E-state index is 13.1. The van der Waals surface area contributed by atoms with Gasteiger partial charge < -0.3 is 9.64 Å². The van der Waals surface area contributed by atoms with Crippen LogP contribution in [0.3, 0.4) is 0 Å². The van der Waals surface area contributed by atoms with E-state index in [-0.39, 0.29) is 12.0 Å².